The van der Waals surface area contributed by atoms with Gasteiger partial charge in [0.05, 0.1) is 18.8 Å². The lowest BCUT2D eigenvalue weighted by molar-refractivity contribution is -0.128. The van der Waals surface area contributed by atoms with Crippen LogP contribution in [0.4, 0.5) is 4.39 Å². The lowest BCUT2D eigenvalue weighted by Gasteiger charge is -2.19. The SMILES string of the molecule is CCOc1ccccc1CN1CC(CNC(=O)c2nnn(Cc3ccc(F)cc3)c2C)CC1=O. The quantitative estimate of drug-likeness (QED) is 0.525. The molecule has 1 aromatic heterocycles. The van der Waals surface area contributed by atoms with Crippen LogP contribution >= 0.6 is 0 Å². The minimum absolute atomic E-state index is 0.0188. The van der Waals surface area contributed by atoms with Gasteiger partial charge in [0.2, 0.25) is 5.91 Å². The van der Waals surface area contributed by atoms with Gasteiger partial charge in [-0.05, 0) is 37.6 Å². The van der Waals surface area contributed by atoms with Gasteiger partial charge in [-0.25, -0.2) is 9.07 Å². The van der Waals surface area contributed by atoms with Crippen molar-refractivity contribution in [3.8, 4) is 5.75 Å². The summed E-state index contributed by atoms with van der Waals surface area (Å²) < 4.78 is 20.4. The van der Waals surface area contributed by atoms with E-state index >= 15 is 0 Å². The number of amides is 2. The molecule has 3 aromatic rings. The van der Waals surface area contributed by atoms with Crippen LogP contribution < -0.4 is 10.1 Å². The molecule has 0 bridgehead atoms. The van der Waals surface area contributed by atoms with Gasteiger partial charge in [-0.3, -0.25) is 9.59 Å². The van der Waals surface area contributed by atoms with Crippen LogP contribution in [0, 0.1) is 18.7 Å². The van der Waals surface area contributed by atoms with E-state index < -0.39 is 0 Å². The van der Waals surface area contributed by atoms with E-state index in [4.69, 9.17) is 4.74 Å². The molecule has 9 heteroatoms. The van der Waals surface area contributed by atoms with Crippen molar-refractivity contribution in [2.24, 2.45) is 5.92 Å². The molecule has 34 heavy (non-hydrogen) atoms. The molecule has 1 aliphatic heterocycles. The first kappa shape index (κ1) is 23.4. The molecule has 1 aliphatic rings. The third-order valence-corrected chi connectivity index (χ3v) is 5.92. The van der Waals surface area contributed by atoms with Crippen LogP contribution in [0.2, 0.25) is 0 Å². The van der Waals surface area contributed by atoms with Gasteiger partial charge in [0, 0.05) is 37.5 Å². The number of hydrogen-bond acceptors (Lipinski definition) is 5. The van der Waals surface area contributed by atoms with E-state index in [1.165, 1.54) is 12.1 Å². The fraction of sp³-hybridized carbons (Fsp3) is 0.360. The highest BCUT2D eigenvalue weighted by molar-refractivity contribution is 5.93. The largest absolute Gasteiger partial charge is 0.494 e. The van der Waals surface area contributed by atoms with E-state index in [9.17, 15) is 14.0 Å². The fourth-order valence-electron chi connectivity index (χ4n) is 4.08. The minimum Gasteiger partial charge on any atom is -0.494 e. The number of likely N-dealkylation sites (tertiary alicyclic amines) is 1. The zero-order chi connectivity index (χ0) is 24.1. The molecule has 4 rings (SSSR count). The van der Waals surface area contributed by atoms with Crippen molar-refractivity contribution in [2.75, 3.05) is 19.7 Å². The molecule has 1 atom stereocenters. The smallest absolute Gasteiger partial charge is 0.273 e. The maximum atomic E-state index is 13.1. The van der Waals surface area contributed by atoms with E-state index in [-0.39, 0.29) is 29.2 Å². The Labute approximate surface area is 197 Å². The van der Waals surface area contributed by atoms with Gasteiger partial charge in [0.15, 0.2) is 5.69 Å². The van der Waals surface area contributed by atoms with Crippen LogP contribution in [0.25, 0.3) is 0 Å². The highest BCUT2D eigenvalue weighted by Gasteiger charge is 2.30. The van der Waals surface area contributed by atoms with Crippen LogP contribution in [0.3, 0.4) is 0 Å². The molecule has 0 saturated carbocycles. The van der Waals surface area contributed by atoms with E-state index in [1.807, 2.05) is 31.2 Å². The summed E-state index contributed by atoms with van der Waals surface area (Å²) in [6, 6.07) is 13.8. The number of rotatable bonds is 9. The third kappa shape index (κ3) is 5.41. The molecule has 1 saturated heterocycles. The van der Waals surface area contributed by atoms with Crippen molar-refractivity contribution < 1.29 is 18.7 Å². The normalized spacial score (nSPS) is 15.6. The first-order valence-corrected chi connectivity index (χ1v) is 11.4. The van der Waals surface area contributed by atoms with E-state index in [2.05, 4.69) is 15.6 Å². The third-order valence-electron chi connectivity index (χ3n) is 5.92. The zero-order valence-electron chi connectivity index (χ0n) is 19.3. The maximum Gasteiger partial charge on any atom is 0.273 e. The second kappa shape index (κ2) is 10.5. The van der Waals surface area contributed by atoms with Gasteiger partial charge in [0.25, 0.3) is 5.91 Å². The summed E-state index contributed by atoms with van der Waals surface area (Å²) in [6.07, 6.45) is 0.382. The van der Waals surface area contributed by atoms with Crippen molar-refractivity contribution in [3.05, 3.63) is 76.9 Å². The molecule has 1 fully saturated rings. The molecule has 0 radical (unpaired) electrons. The van der Waals surface area contributed by atoms with Crippen LogP contribution in [0.5, 0.6) is 5.75 Å². The number of para-hydroxylation sites is 1. The number of halogens is 1. The molecule has 1 unspecified atom stereocenters. The average Bonchev–Trinajstić information content (AvgIpc) is 3.37. The van der Waals surface area contributed by atoms with E-state index in [0.29, 0.717) is 44.9 Å². The molecule has 0 spiro atoms. The number of ether oxygens (including phenoxy) is 1. The number of hydrogen-bond donors (Lipinski definition) is 1. The first-order valence-electron chi connectivity index (χ1n) is 11.4. The number of aromatic nitrogens is 3. The lowest BCUT2D eigenvalue weighted by atomic mass is 10.1. The molecule has 1 N–H and O–H groups in total. The van der Waals surface area contributed by atoms with Gasteiger partial charge < -0.3 is 15.0 Å². The Morgan fingerprint density at radius 1 is 1.18 bits per heavy atom. The molecule has 178 valence electrons. The summed E-state index contributed by atoms with van der Waals surface area (Å²) in [7, 11) is 0. The molecule has 2 heterocycles. The van der Waals surface area contributed by atoms with Gasteiger partial charge in [0.1, 0.15) is 11.6 Å². The van der Waals surface area contributed by atoms with Crippen molar-refractivity contribution >= 4 is 11.8 Å². The Hall–Kier alpha value is -3.75. The highest BCUT2D eigenvalue weighted by atomic mass is 19.1. The molecular formula is C25H28FN5O3. The summed E-state index contributed by atoms with van der Waals surface area (Å²) in [5, 5.41) is 11.0. The zero-order valence-corrected chi connectivity index (χ0v) is 19.3. The number of benzene rings is 2. The minimum atomic E-state index is -0.324. The Morgan fingerprint density at radius 3 is 2.71 bits per heavy atom. The van der Waals surface area contributed by atoms with Crippen molar-refractivity contribution in [2.45, 2.75) is 33.4 Å². The predicted molar refractivity (Wildman–Crippen MR) is 124 cm³/mol. The summed E-state index contributed by atoms with van der Waals surface area (Å²) in [4.78, 5) is 27.1. The van der Waals surface area contributed by atoms with Crippen molar-refractivity contribution in [1.29, 1.82) is 0 Å². The van der Waals surface area contributed by atoms with Crippen LogP contribution in [-0.2, 0) is 17.9 Å². The van der Waals surface area contributed by atoms with Gasteiger partial charge >= 0.3 is 0 Å². The predicted octanol–water partition coefficient (Wildman–Crippen LogP) is 2.95. The van der Waals surface area contributed by atoms with Crippen molar-refractivity contribution in [1.82, 2.24) is 25.2 Å². The van der Waals surface area contributed by atoms with E-state index in [1.54, 1.807) is 28.6 Å². The standard InChI is InChI=1S/C25H28FN5O3/c1-3-34-22-7-5-4-6-20(22)16-30-14-19(12-23(30)32)13-27-25(33)24-17(2)31(29-28-24)15-18-8-10-21(26)11-9-18/h4-11,19H,3,12-16H2,1-2H3,(H,27,33). The monoisotopic (exact) mass is 465 g/mol. The number of carbonyl (C=O) groups is 2. The molecular weight excluding hydrogens is 437 g/mol. The second-order valence-corrected chi connectivity index (χ2v) is 8.40. The van der Waals surface area contributed by atoms with Gasteiger partial charge in [-0.15, -0.1) is 5.10 Å². The van der Waals surface area contributed by atoms with Crippen LogP contribution in [0.1, 0.15) is 40.7 Å². The van der Waals surface area contributed by atoms with Gasteiger partial charge in [-0.1, -0.05) is 35.5 Å². The lowest BCUT2D eigenvalue weighted by Crippen LogP contribution is -2.31. The Kier molecular flexibility index (Phi) is 7.20. The Morgan fingerprint density at radius 2 is 1.94 bits per heavy atom. The molecule has 8 nitrogen and oxygen atoms in total. The summed E-state index contributed by atoms with van der Waals surface area (Å²) in [5.74, 6) is 0.239. The Balaban J connectivity index is 1.32. The highest BCUT2D eigenvalue weighted by Crippen LogP contribution is 2.24. The fourth-order valence-corrected chi connectivity index (χ4v) is 4.08. The first-order chi connectivity index (χ1) is 16.4. The number of nitrogens with zero attached hydrogens (tertiary/aromatic N) is 4. The molecule has 0 aliphatic carbocycles. The van der Waals surface area contributed by atoms with Crippen LogP contribution in [-0.4, -0.2) is 51.4 Å². The molecule has 2 amide bonds. The summed E-state index contributed by atoms with van der Waals surface area (Å²) >= 11 is 0. The van der Waals surface area contributed by atoms with Crippen LogP contribution in [0.15, 0.2) is 48.5 Å². The average molecular weight is 466 g/mol. The molecule has 2 aromatic carbocycles. The summed E-state index contributed by atoms with van der Waals surface area (Å²) in [6.45, 7) is 6.08. The van der Waals surface area contributed by atoms with Gasteiger partial charge in [-0.2, -0.15) is 0 Å². The summed E-state index contributed by atoms with van der Waals surface area (Å²) in [5.41, 5.74) is 2.69. The maximum absolute atomic E-state index is 13.1. The number of carbonyl (C=O) groups excluding carboxylic acids is 2. The Bertz CT molecular complexity index is 1160. The topological polar surface area (TPSA) is 89.3 Å². The van der Waals surface area contributed by atoms with E-state index in [0.717, 1.165) is 16.9 Å². The number of nitrogens with one attached hydrogen (secondary N) is 1. The second-order valence-electron chi connectivity index (χ2n) is 8.40. The van der Waals surface area contributed by atoms with Crippen molar-refractivity contribution in [3.63, 3.8) is 0 Å².